The molecule has 0 bridgehead atoms. The molecule has 0 aliphatic heterocycles. The van der Waals surface area contributed by atoms with Crippen molar-refractivity contribution in [2.24, 2.45) is 0 Å². The number of carbonyl (C=O) groups is 1. The number of aryl methyl sites for hydroxylation is 1. The van der Waals surface area contributed by atoms with Gasteiger partial charge in [0.1, 0.15) is 11.9 Å². The molecule has 1 heterocycles. The van der Waals surface area contributed by atoms with Crippen LogP contribution in [0.2, 0.25) is 0 Å². The fourth-order valence-corrected chi connectivity index (χ4v) is 1.36. The number of nitrogens with two attached hydrogens (primary N) is 1. The number of nitrogens with one attached hydrogen (secondary N) is 1. The lowest BCUT2D eigenvalue weighted by molar-refractivity contribution is -0.130. The summed E-state index contributed by atoms with van der Waals surface area (Å²) in [7, 11) is 1.77. The molecular formula is C11H19N5O. The zero-order valence-corrected chi connectivity index (χ0v) is 10.7. The predicted octanol–water partition coefficient (Wildman–Crippen LogP) is 0.646. The Bertz CT molecular complexity index is 407. The summed E-state index contributed by atoms with van der Waals surface area (Å²) in [4.78, 5) is 21.5. The van der Waals surface area contributed by atoms with Gasteiger partial charge in [0.15, 0.2) is 0 Å². The van der Waals surface area contributed by atoms with Crippen molar-refractivity contribution in [3.05, 3.63) is 11.8 Å². The molecule has 6 heteroatoms. The molecule has 1 unspecified atom stereocenters. The Morgan fingerprint density at radius 1 is 1.65 bits per heavy atom. The number of hydrogen-bond donors (Lipinski definition) is 2. The van der Waals surface area contributed by atoms with Crippen molar-refractivity contribution in [1.29, 1.82) is 0 Å². The van der Waals surface area contributed by atoms with Crippen LogP contribution in [0.5, 0.6) is 0 Å². The van der Waals surface area contributed by atoms with Gasteiger partial charge in [-0.3, -0.25) is 4.79 Å². The standard InChI is InChI=1S/C11H19N5O/c1-5-16(4)10(17)8(3)14-9-7(2)6-13-11(12)15-9/h6,8H,5H2,1-4H3,(H3,12,13,14,15). The summed E-state index contributed by atoms with van der Waals surface area (Å²) in [6, 6.07) is -0.340. The maximum Gasteiger partial charge on any atom is 0.244 e. The van der Waals surface area contributed by atoms with E-state index in [2.05, 4.69) is 15.3 Å². The molecule has 1 atom stereocenters. The highest BCUT2D eigenvalue weighted by molar-refractivity contribution is 5.83. The van der Waals surface area contributed by atoms with Gasteiger partial charge in [-0.2, -0.15) is 4.98 Å². The van der Waals surface area contributed by atoms with E-state index in [1.807, 2.05) is 13.8 Å². The number of amides is 1. The lowest BCUT2D eigenvalue weighted by atomic mass is 10.2. The molecule has 6 nitrogen and oxygen atoms in total. The highest BCUT2D eigenvalue weighted by Gasteiger charge is 2.17. The Hall–Kier alpha value is -1.85. The fraction of sp³-hybridized carbons (Fsp3) is 0.545. The van der Waals surface area contributed by atoms with Gasteiger partial charge in [0.2, 0.25) is 11.9 Å². The highest BCUT2D eigenvalue weighted by atomic mass is 16.2. The van der Waals surface area contributed by atoms with Crippen LogP contribution in [0.4, 0.5) is 11.8 Å². The molecule has 3 N–H and O–H groups in total. The van der Waals surface area contributed by atoms with Crippen molar-refractivity contribution in [2.45, 2.75) is 26.8 Å². The number of anilines is 2. The van der Waals surface area contributed by atoms with Crippen molar-refractivity contribution in [2.75, 3.05) is 24.6 Å². The number of likely N-dealkylation sites (N-methyl/N-ethyl adjacent to an activating group) is 1. The lowest BCUT2D eigenvalue weighted by Crippen LogP contribution is -2.39. The van der Waals surface area contributed by atoms with Gasteiger partial charge in [0.25, 0.3) is 0 Å². The minimum atomic E-state index is -0.340. The van der Waals surface area contributed by atoms with Crippen molar-refractivity contribution >= 4 is 17.7 Å². The molecule has 94 valence electrons. The van der Waals surface area contributed by atoms with Crippen LogP contribution in [0.3, 0.4) is 0 Å². The molecule has 0 aliphatic rings. The molecule has 0 saturated heterocycles. The van der Waals surface area contributed by atoms with Gasteiger partial charge in [-0.1, -0.05) is 0 Å². The first-order valence-electron chi connectivity index (χ1n) is 5.56. The van der Waals surface area contributed by atoms with E-state index in [0.29, 0.717) is 12.4 Å². The molecule has 0 aliphatic carbocycles. The van der Waals surface area contributed by atoms with Crippen LogP contribution in [-0.2, 0) is 4.79 Å². The topological polar surface area (TPSA) is 84.1 Å². The molecular weight excluding hydrogens is 218 g/mol. The average molecular weight is 237 g/mol. The minimum Gasteiger partial charge on any atom is -0.368 e. The second-order valence-electron chi connectivity index (χ2n) is 3.98. The van der Waals surface area contributed by atoms with E-state index in [1.165, 1.54) is 0 Å². The Labute approximate surface area is 101 Å². The van der Waals surface area contributed by atoms with Gasteiger partial charge in [0.05, 0.1) is 0 Å². The van der Waals surface area contributed by atoms with E-state index in [1.54, 1.807) is 25.1 Å². The van der Waals surface area contributed by atoms with Crippen LogP contribution in [0.15, 0.2) is 6.20 Å². The largest absolute Gasteiger partial charge is 0.368 e. The monoisotopic (exact) mass is 237 g/mol. The Balaban J connectivity index is 2.77. The molecule has 0 fully saturated rings. The zero-order valence-electron chi connectivity index (χ0n) is 10.7. The number of nitrogens with zero attached hydrogens (tertiary/aromatic N) is 3. The summed E-state index contributed by atoms with van der Waals surface area (Å²) >= 11 is 0. The van der Waals surface area contributed by atoms with Crippen LogP contribution in [0, 0.1) is 6.92 Å². The molecule has 17 heavy (non-hydrogen) atoms. The Morgan fingerprint density at radius 3 is 2.88 bits per heavy atom. The first kappa shape index (κ1) is 13.2. The van der Waals surface area contributed by atoms with Gasteiger partial charge >= 0.3 is 0 Å². The average Bonchev–Trinajstić information content (AvgIpc) is 2.31. The van der Waals surface area contributed by atoms with Crippen LogP contribution in [0.1, 0.15) is 19.4 Å². The summed E-state index contributed by atoms with van der Waals surface area (Å²) in [6.07, 6.45) is 1.63. The second-order valence-corrected chi connectivity index (χ2v) is 3.98. The summed E-state index contributed by atoms with van der Waals surface area (Å²) in [5.41, 5.74) is 6.37. The lowest BCUT2D eigenvalue weighted by Gasteiger charge is -2.21. The number of aromatic nitrogens is 2. The smallest absolute Gasteiger partial charge is 0.244 e. The summed E-state index contributed by atoms with van der Waals surface area (Å²) in [5.74, 6) is 0.813. The van der Waals surface area contributed by atoms with E-state index in [-0.39, 0.29) is 17.9 Å². The fourth-order valence-electron chi connectivity index (χ4n) is 1.36. The third kappa shape index (κ3) is 3.30. The quantitative estimate of drug-likeness (QED) is 0.803. The van der Waals surface area contributed by atoms with Crippen LogP contribution >= 0.6 is 0 Å². The zero-order chi connectivity index (χ0) is 13.0. The SMILES string of the molecule is CCN(C)C(=O)C(C)Nc1nc(N)ncc1C. The van der Waals surface area contributed by atoms with Crippen molar-refractivity contribution in [3.63, 3.8) is 0 Å². The molecule has 0 saturated carbocycles. The molecule has 1 amide bonds. The molecule has 1 aromatic rings. The minimum absolute atomic E-state index is 0.0177. The summed E-state index contributed by atoms with van der Waals surface area (Å²) in [5, 5.41) is 3.04. The first-order chi connectivity index (χ1) is 7.95. The van der Waals surface area contributed by atoms with Crippen LogP contribution in [-0.4, -0.2) is 40.4 Å². The van der Waals surface area contributed by atoms with E-state index >= 15 is 0 Å². The van der Waals surface area contributed by atoms with Gasteiger partial charge in [-0.05, 0) is 20.8 Å². The number of rotatable bonds is 4. The van der Waals surface area contributed by atoms with Gasteiger partial charge in [-0.15, -0.1) is 0 Å². The van der Waals surface area contributed by atoms with E-state index < -0.39 is 0 Å². The van der Waals surface area contributed by atoms with Crippen LogP contribution in [0.25, 0.3) is 0 Å². The number of nitrogen functional groups attached to an aromatic ring is 1. The summed E-state index contributed by atoms with van der Waals surface area (Å²) < 4.78 is 0. The predicted molar refractivity (Wildman–Crippen MR) is 67.6 cm³/mol. The van der Waals surface area contributed by atoms with Gasteiger partial charge in [0, 0.05) is 25.4 Å². The molecule has 1 aromatic heterocycles. The van der Waals surface area contributed by atoms with Gasteiger partial charge < -0.3 is 16.0 Å². The maximum atomic E-state index is 11.9. The maximum absolute atomic E-state index is 11.9. The Kier molecular flexibility index (Phi) is 4.25. The molecule has 1 rings (SSSR count). The van der Waals surface area contributed by atoms with E-state index in [0.717, 1.165) is 5.56 Å². The highest BCUT2D eigenvalue weighted by Crippen LogP contribution is 2.12. The third-order valence-corrected chi connectivity index (χ3v) is 2.56. The normalized spacial score (nSPS) is 12.0. The van der Waals surface area contributed by atoms with Gasteiger partial charge in [-0.25, -0.2) is 4.98 Å². The number of hydrogen-bond acceptors (Lipinski definition) is 5. The van der Waals surface area contributed by atoms with Crippen LogP contribution < -0.4 is 11.1 Å². The second kappa shape index (κ2) is 5.47. The molecule has 0 aromatic carbocycles. The third-order valence-electron chi connectivity index (χ3n) is 2.56. The summed E-state index contributed by atoms with van der Waals surface area (Å²) in [6.45, 7) is 6.27. The van der Waals surface area contributed by atoms with E-state index in [9.17, 15) is 4.79 Å². The van der Waals surface area contributed by atoms with E-state index in [4.69, 9.17) is 5.73 Å². The Morgan fingerprint density at radius 2 is 2.29 bits per heavy atom. The van der Waals surface area contributed by atoms with Crippen molar-refractivity contribution < 1.29 is 4.79 Å². The molecule has 0 spiro atoms. The van der Waals surface area contributed by atoms with Crippen molar-refractivity contribution in [1.82, 2.24) is 14.9 Å². The first-order valence-corrected chi connectivity index (χ1v) is 5.56. The molecule has 0 radical (unpaired) electrons. The number of carbonyl (C=O) groups excluding carboxylic acids is 1. The van der Waals surface area contributed by atoms with Crippen molar-refractivity contribution in [3.8, 4) is 0 Å².